The number of furan rings is 1. The fourth-order valence-corrected chi connectivity index (χ4v) is 2.02. The molecular formula is C16H9F2NO3. The molecule has 1 aromatic carbocycles. The number of aromatic nitrogens is 1. The number of benzene rings is 1. The number of hydrogen-bond donors (Lipinski definition) is 1. The summed E-state index contributed by atoms with van der Waals surface area (Å²) in [6.45, 7) is 0. The number of pyridine rings is 1. The summed E-state index contributed by atoms with van der Waals surface area (Å²) in [7, 11) is 0. The first-order valence-electron chi connectivity index (χ1n) is 6.29. The molecule has 0 amide bonds. The van der Waals surface area contributed by atoms with Crippen LogP contribution >= 0.6 is 0 Å². The standard InChI is InChI=1S/C16H9F2NO3/c17-11-5-10(6-12(18)7-11)9-1-2-13(19-8-9)14-3-4-15(22-14)16(20)21/h1-8H,(H,20,21). The van der Waals surface area contributed by atoms with Gasteiger partial charge in [0.2, 0.25) is 5.76 Å². The zero-order chi connectivity index (χ0) is 15.7. The smallest absolute Gasteiger partial charge is 0.371 e. The lowest BCUT2D eigenvalue weighted by atomic mass is 10.1. The van der Waals surface area contributed by atoms with Crippen LogP contribution in [0.3, 0.4) is 0 Å². The van der Waals surface area contributed by atoms with Crippen LogP contribution in [0.5, 0.6) is 0 Å². The lowest BCUT2D eigenvalue weighted by Crippen LogP contribution is -1.91. The first-order chi connectivity index (χ1) is 10.5. The van der Waals surface area contributed by atoms with Crippen LogP contribution in [0, 0.1) is 11.6 Å². The van der Waals surface area contributed by atoms with E-state index in [4.69, 9.17) is 9.52 Å². The third kappa shape index (κ3) is 2.71. The van der Waals surface area contributed by atoms with Gasteiger partial charge in [-0.3, -0.25) is 4.98 Å². The van der Waals surface area contributed by atoms with Gasteiger partial charge in [0.25, 0.3) is 0 Å². The van der Waals surface area contributed by atoms with Gasteiger partial charge in [-0.15, -0.1) is 0 Å². The Morgan fingerprint density at radius 2 is 1.73 bits per heavy atom. The largest absolute Gasteiger partial charge is 0.475 e. The molecule has 0 spiro atoms. The van der Waals surface area contributed by atoms with Crippen LogP contribution in [0.15, 0.2) is 53.1 Å². The monoisotopic (exact) mass is 301 g/mol. The molecule has 3 aromatic rings. The maximum absolute atomic E-state index is 13.2. The molecule has 0 radical (unpaired) electrons. The SMILES string of the molecule is O=C(O)c1ccc(-c2ccc(-c3cc(F)cc(F)c3)cn2)o1. The molecule has 3 rings (SSSR count). The predicted molar refractivity (Wildman–Crippen MR) is 74.3 cm³/mol. The van der Waals surface area contributed by atoms with Gasteiger partial charge >= 0.3 is 5.97 Å². The van der Waals surface area contributed by atoms with Crippen molar-refractivity contribution in [3.63, 3.8) is 0 Å². The summed E-state index contributed by atoms with van der Waals surface area (Å²) < 4.78 is 31.5. The van der Waals surface area contributed by atoms with Crippen LogP contribution < -0.4 is 0 Å². The summed E-state index contributed by atoms with van der Waals surface area (Å²) in [5.74, 6) is -2.40. The summed E-state index contributed by atoms with van der Waals surface area (Å²) in [6.07, 6.45) is 1.44. The van der Waals surface area contributed by atoms with Crippen LogP contribution in [0.4, 0.5) is 8.78 Å². The van der Waals surface area contributed by atoms with Gasteiger partial charge in [-0.2, -0.15) is 0 Å². The Morgan fingerprint density at radius 3 is 2.27 bits per heavy atom. The van der Waals surface area contributed by atoms with E-state index in [1.807, 2.05) is 0 Å². The Bertz CT molecular complexity index is 821. The highest BCUT2D eigenvalue weighted by molar-refractivity contribution is 5.85. The third-order valence-corrected chi connectivity index (χ3v) is 3.03. The minimum absolute atomic E-state index is 0.187. The zero-order valence-corrected chi connectivity index (χ0v) is 11.1. The lowest BCUT2D eigenvalue weighted by Gasteiger charge is -2.03. The summed E-state index contributed by atoms with van der Waals surface area (Å²) in [5, 5.41) is 8.80. The number of rotatable bonds is 3. The maximum Gasteiger partial charge on any atom is 0.371 e. The Morgan fingerprint density at radius 1 is 1.00 bits per heavy atom. The van der Waals surface area contributed by atoms with Crippen LogP contribution in [0.1, 0.15) is 10.6 Å². The summed E-state index contributed by atoms with van der Waals surface area (Å²) >= 11 is 0. The Hall–Kier alpha value is -3.02. The van der Waals surface area contributed by atoms with E-state index in [-0.39, 0.29) is 5.76 Å². The van der Waals surface area contributed by atoms with E-state index in [2.05, 4.69) is 4.98 Å². The molecule has 1 N–H and O–H groups in total. The van der Waals surface area contributed by atoms with E-state index >= 15 is 0 Å². The van der Waals surface area contributed by atoms with Crippen molar-refractivity contribution in [2.24, 2.45) is 0 Å². The molecule has 2 heterocycles. The second-order valence-corrected chi connectivity index (χ2v) is 4.56. The molecule has 2 aromatic heterocycles. The molecule has 0 aliphatic rings. The van der Waals surface area contributed by atoms with Gasteiger partial charge in [-0.05, 0) is 35.9 Å². The van der Waals surface area contributed by atoms with Gasteiger partial charge in [0.05, 0.1) is 0 Å². The molecule has 0 saturated carbocycles. The average molecular weight is 301 g/mol. The van der Waals surface area contributed by atoms with Crippen LogP contribution in [-0.4, -0.2) is 16.1 Å². The Kier molecular flexibility index (Phi) is 3.42. The maximum atomic E-state index is 13.2. The van der Waals surface area contributed by atoms with Crippen LogP contribution in [0.25, 0.3) is 22.6 Å². The van der Waals surface area contributed by atoms with E-state index in [1.165, 1.54) is 30.5 Å². The molecule has 22 heavy (non-hydrogen) atoms. The van der Waals surface area contributed by atoms with Gasteiger partial charge in [-0.1, -0.05) is 6.07 Å². The van der Waals surface area contributed by atoms with Gasteiger partial charge < -0.3 is 9.52 Å². The van der Waals surface area contributed by atoms with E-state index in [1.54, 1.807) is 12.1 Å². The highest BCUT2D eigenvalue weighted by Crippen LogP contribution is 2.25. The van der Waals surface area contributed by atoms with E-state index in [9.17, 15) is 13.6 Å². The highest BCUT2D eigenvalue weighted by atomic mass is 19.1. The fraction of sp³-hybridized carbons (Fsp3) is 0. The zero-order valence-electron chi connectivity index (χ0n) is 11.1. The first-order valence-corrected chi connectivity index (χ1v) is 6.29. The van der Waals surface area contributed by atoms with Crippen molar-refractivity contribution in [2.75, 3.05) is 0 Å². The lowest BCUT2D eigenvalue weighted by molar-refractivity contribution is 0.0663. The quantitative estimate of drug-likeness (QED) is 0.794. The van der Waals surface area contributed by atoms with E-state index in [0.717, 1.165) is 6.07 Å². The molecule has 110 valence electrons. The molecule has 0 unspecified atom stereocenters. The van der Waals surface area contributed by atoms with Crippen molar-refractivity contribution in [3.05, 3.63) is 66.1 Å². The Labute approximate surface area is 123 Å². The van der Waals surface area contributed by atoms with Crippen molar-refractivity contribution in [3.8, 4) is 22.6 Å². The minimum Gasteiger partial charge on any atom is -0.475 e. The molecule has 0 bridgehead atoms. The number of carboxylic acid groups (broad SMARTS) is 1. The molecular weight excluding hydrogens is 292 g/mol. The van der Waals surface area contributed by atoms with Crippen molar-refractivity contribution in [1.29, 1.82) is 0 Å². The number of halogens is 2. The fourth-order valence-electron chi connectivity index (χ4n) is 2.02. The summed E-state index contributed by atoms with van der Waals surface area (Å²) in [5.41, 5.74) is 1.32. The molecule has 0 saturated heterocycles. The van der Waals surface area contributed by atoms with E-state index in [0.29, 0.717) is 22.6 Å². The summed E-state index contributed by atoms with van der Waals surface area (Å²) in [6, 6.07) is 9.23. The predicted octanol–water partition coefficient (Wildman–Crippen LogP) is 3.99. The molecule has 4 nitrogen and oxygen atoms in total. The van der Waals surface area contributed by atoms with Crippen molar-refractivity contribution in [2.45, 2.75) is 0 Å². The van der Waals surface area contributed by atoms with Crippen molar-refractivity contribution < 1.29 is 23.1 Å². The van der Waals surface area contributed by atoms with Gasteiger partial charge in [0, 0.05) is 17.8 Å². The van der Waals surface area contributed by atoms with Gasteiger partial charge in [0.15, 0.2) is 5.76 Å². The van der Waals surface area contributed by atoms with Crippen LogP contribution in [0.2, 0.25) is 0 Å². The highest BCUT2D eigenvalue weighted by Gasteiger charge is 2.11. The molecule has 0 atom stereocenters. The van der Waals surface area contributed by atoms with Gasteiger partial charge in [0.1, 0.15) is 17.3 Å². The molecule has 0 aliphatic carbocycles. The number of hydrogen-bond acceptors (Lipinski definition) is 3. The number of carbonyl (C=O) groups is 1. The average Bonchev–Trinajstić information content (AvgIpc) is 2.96. The second kappa shape index (κ2) is 5.40. The number of nitrogens with zero attached hydrogens (tertiary/aromatic N) is 1. The number of aromatic carboxylic acids is 1. The second-order valence-electron chi connectivity index (χ2n) is 4.56. The minimum atomic E-state index is -1.17. The third-order valence-electron chi connectivity index (χ3n) is 3.03. The van der Waals surface area contributed by atoms with Crippen molar-refractivity contribution >= 4 is 5.97 Å². The molecule has 0 aliphatic heterocycles. The molecule has 6 heteroatoms. The summed E-state index contributed by atoms with van der Waals surface area (Å²) in [4.78, 5) is 14.9. The van der Waals surface area contributed by atoms with Crippen molar-refractivity contribution in [1.82, 2.24) is 4.98 Å². The Balaban J connectivity index is 1.93. The normalized spacial score (nSPS) is 10.6. The van der Waals surface area contributed by atoms with Crippen LogP contribution in [-0.2, 0) is 0 Å². The molecule has 0 fully saturated rings. The number of carboxylic acids is 1. The topological polar surface area (TPSA) is 63.3 Å². The first kappa shape index (κ1) is 13.9. The van der Waals surface area contributed by atoms with Gasteiger partial charge in [-0.25, -0.2) is 13.6 Å². The van der Waals surface area contributed by atoms with E-state index < -0.39 is 17.6 Å².